The number of carbonyl (C=O) groups is 1. The SMILES string of the molecule is CCC(=O)N[C@H]1Cc2cc(F)c(F)c(C(O)O)c2OB1O. The van der Waals surface area contributed by atoms with Gasteiger partial charge in [0, 0.05) is 6.42 Å². The Bertz CT molecular complexity index is 569. The Labute approximate surface area is 119 Å². The fraction of sp³-hybridized carbons (Fsp3) is 0.417. The van der Waals surface area contributed by atoms with Gasteiger partial charge in [0.15, 0.2) is 17.9 Å². The highest BCUT2D eigenvalue weighted by atomic mass is 19.2. The van der Waals surface area contributed by atoms with E-state index in [1.165, 1.54) is 0 Å². The Morgan fingerprint density at radius 1 is 1.57 bits per heavy atom. The summed E-state index contributed by atoms with van der Waals surface area (Å²) in [5, 5.41) is 30.6. The van der Waals surface area contributed by atoms with Crippen molar-refractivity contribution in [3.05, 3.63) is 28.8 Å². The summed E-state index contributed by atoms with van der Waals surface area (Å²) in [4.78, 5) is 11.3. The minimum Gasteiger partial charge on any atom is -0.534 e. The molecular weight excluding hydrogens is 287 g/mol. The minimum absolute atomic E-state index is 0.0286. The molecule has 1 aromatic rings. The van der Waals surface area contributed by atoms with Crippen molar-refractivity contribution in [3.8, 4) is 5.75 Å². The van der Waals surface area contributed by atoms with Gasteiger partial charge in [-0.1, -0.05) is 6.92 Å². The lowest BCUT2D eigenvalue weighted by molar-refractivity contribution is -0.121. The molecule has 9 heteroatoms. The highest BCUT2D eigenvalue weighted by molar-refractivity contribution is 6.46. The monoisotopic (exact) mass is 301 g/mol. The minimum atomic E-state index is -2.29. The van der Waals surface area contributed by atoms with Crippen LogP contribution in [0.25, 0.3) is 0 Å². The zero-order valence-corrected chi connectivity index (χ0v) is 11.1. The van der Waals surface area contributed by atoms with Gasteiger partial charge in [0.25, 0.3) is 0 Å². The molecule has 0 spiro atoms. The molecule has 0 aliphatic carbocycles. The average molecular weight is 301 g/mol. The molecule has 1 aromatic carbocycles. The maximum absolute atomic E-state index is 13.6. The van der Waals surface area contributed by atoms with Gasteiger partial charge in [-0.15, -0.1) is 0 Å². The van der Waals surface area contributed by atoms with Crippen LogP contribution in [0.3, 0.4) is 0 Å². The molecule has 1 aliphatic heterocycles. The van der Waals surface area contributed by atoms with Crippen LogP contribution in [-0.4, -0.2) is 34.2 Å². The second kappa shape index (κ2) is 5.96. The number of benzene rings is 1. The highest BCUT2D eigenvalue weighted by Crippen LogP contribution is 2.36. The summed E-state index contributed by atoms with van der Waals surface area (Å²) in [7, 11) is -1.50. The fourth-order valence-corrected chi connectivity index (χ4v) is 2.18. The Morgan fingerprint density at radius 2 is 2.24 bits per heavy atom. The third-order valence-electron chi connectivity index (χ3n) is 3.23. The molecule has 1 atom stereocenters. The molecule has 0 saturated carbocycles. The van der Waals surface area contributed by atoms with Crippen LogP contribution in [0.5, 0.6) is 5.75 Å². The second-order valence-corrected chi connectivity index (χ2v) is 4.69. The van der Waals surface area contributed by atoms with Crippen molar-refractivity contribution in [2.75, 3.05) is 0 Å². The van der Waals surface area contributed by atoms with Crippen LogP contribution < -0.4 is 9.97 Å². The van der Waals surface area contributed by atoms with Gasteiger partial charge < -0.3 is 25.2 Å². The van der Waals surface area contributed by atoms with Crippen molar-refractivity contribution < 1.29 is 33.5 Å². The smallest absolute Gasteiger partial charge is 0.534 e. The van der Waals surface area contributed by atoms with Crippen molar-refractivity contribution in [2.24, 2.45) is 0 Å². The summed E-state index contributed by atoms with van der Waals surface area (Å²) in [6, 6.07) is 0.841. The number of nitrogens with one attached hydrogen (secondary N) is 1. The lowest BCUT2D eigenvalue weighted by Crippen LogP contribution is -2.53. The quantitative estimate of drug-likeness (QED) is 0.458. The zero-order chi connectivity index (χ0) is 15.7. The summed E-state index contributed by atoms with van der Waals surface area (Å²) < 4.78 is 32.1. The molecule has 0 bridgehead atoms. The van der Waals surface area contributed by atoms with Gasteiger partial charge in [-0.3, -0.25) is 4.79 Å². The van der Waals surface area contributed by atoms with E-state index in [9.17, 15) is 18.6 Å². The number of rotatable bonds is 3. The molecule has 2 rings (SSSR count). The van der Waals surface area contributed by atoms with Gasteiger partial charge in [-0.05, 0) is 18.1 Å². The number of aliphatic hydroxyl groups excluding tert-OH is 1. The maximum atomic E-state index is 13.6. The molecule has 1 amide bonds. The van der Waals surface area contributed by atoms with Crippen LogP contribution in [0.15, 0.2) is 6.07 Å². The molecule has 0 unspecified atom stereocenters. The molecule has 114 valence electrons. The molecule has 0 saturated heterocycles. The van der Waals surface area contributed by atoms with E-state index in [-0.39, 0.29) is 30.1 Å². The second-order valence-electron chi connectivity index (χ2n) is 4.69. The van der Waals surface area contributed by atoms with Crippen LogP contribution in [0.4, 0.5) is 8.78 Å². The first-order valence-electron chi connectivity index (χ1n) is 6.36. The first-order chi connectivity index (χ1) is 9.85. The summed E-state index contributed by atoms with van der Waals surface area (Å²) in [6.45, 7) is 1.62. The molecule has 4 N–H and O–H groups in total. The fourth-order valence-electron chi connectivity index (χ4n) is 2.18. The summed E-state index contributed by atoms with van der Waals surface area (Å²) >= 11 is 0. The van der Waals surface area contributed by atoms with E-state index in [0.717, 1.165) is 6.07 Å². The molecular formula is C12H14BF2NO5. The third kappa shape index (κ3) is 2.99. The van der Waals surface area contributed by atoms with E-state index in [2.05, 4.69) is 5.32 Å². The Morgan fingerprint density at radius 3 is 2.81 bits per heavy atom. The standard InChI is InChI=1S/C12H14BF2NO5/c1-2-8(17)16-7-4-5-3-6(14)10(15)9(12(18)19)11(5)21-13(7)20/h3,7,12,18-20H,2,4H2,1H3,(H,16,17)/t7-/m0/s1. The molecule has 21 heavy (non-hydrogen) atoms. The molecule has 1 aliphatic rings. The van der Waals surface area contributed by atoms with E-state index in [4.69, 9.17) is 14.9 Å². The summed E-state index contributed by atoms with van der Waals surface area (Å²) in [5.41, 5.74) is -0.645. The summed E-state index contributed by atoms with van der Waals surface area (Å²) in [6.07, 6.45) is -2.13. The molecule has 0 fully saturated rings. The van der Waals surface area contributed by atoms with Gasteiger partial charge in [-0.25, -0.2) is 8.78 Å². The number of fused-ring (bicyclic) bond motifs is 1. The van der Waals surface area contributed by atoms with E-state index < -0.39 is 36.5 Å². The van der Waals surface area contributed by atoms with Crippen molar-refractivity contribution in [3.63, 3.8) is 0 Å². The van der Waals surface area contributed by atoms with Gasteiger partial charge in [0.1, 0.15) is 5.75 Å². The van der Waals surface area contributed by atoms with Gasteiger partial charge in [0.2, 0.25) is 5.91 Å². The zero-order valence-electron chi connectivity index (χ0n) is 11.1. The van der Waals surface area contributed by atoms with Crippen LogP contribution in [0.1, 0.15) is 30.8 Å². The van der Waals surface area contributed by atoms with Crippen LogP contribution in [0, 0.1) is 11.6 Å². The predicted octanol–water partition coefficient (Wildman–Crippen LogP) is -0.203. The lowest BCUT2D eigenvalue weighted by Gasteiger charge is -2.30. The third-order valence-corrected chi connectivity index (χ3v) is 3.23. The average Bonchev–Trinajstić information content (AvgIpc) is 2.41. The van der Waals surface area contributed by atoms with E-state index >= 15 is 0 Å². The number of amides is 1. The van der Waals surface area contributed by atoms with Crippen molar-refractivity contribution >= 4 is 13.0 Å². The normalized spacial score (nSPS) is 17.5. The van der Waals surface area contributed by atoms with Crippen molar-refractivity contribution in [1.29, 1.82) is 0 Å². The highest BCUT2D eigenvalue weighted by Gasteiger charge is 2.39. The number of aliphatic hydroxyl groups is 2. The van der Waals surface area contributed by atoms with E-state index in [1.807, 2.05) is 0 Å². The number of hydrogen-bond acceptors (Lipinski definition) is 5. The van der Waals surface area contributed by atoms with E-state index in [0.29, 0.717) is 0 Å². The number of hydrogen-bond donors (Lipinski definition) is 4. The number of halogens is 2. The van der Waals surface area contributed by atoms with Crippen molar-refractivity contribution in [1.82, 2.24) is 5.32 Å². The molecule has 0 aromatic heterocycles. The first kappa shape index (κ1) is 15.7. The van der Waals surface area contributed by atoms with E-state index in [1.54, 1.807) is 6.92 Å². The van der Waals surface area contributed by atoms with Crippen LogP contribution in [0.2, 0.25) is 0 Å². The maximum Gasteiger partial charge on any atom is 0.547 e. The van der Waals surface area contributed by atoms with Crippen LogP contribution >= 0.6 is 0 Å². The Balaban J connectivity index is 2.39. The molecule has 6 nitrogen and oxygen atoms in total. The van der Waals surface area contributed by atoms with Crippen LogP contribution in [-0.2, 0) is 11.2 Å². The predicted molar refractivity (Wildman–Crippen MR) is 68.1 cm³/mol. The number of carbonyl (C=O) groups excluding carboxylic acids is 1. The van der Waals surface area contributed by atoms with Gasteiger partial charge in [-0.2, -0.15) is 0 Å². The van der Waals surface area contributed by atoms with Gasteiger partial charge >= 0.3 is 7.12 Å². The topological polar surface area (TPSA) is 99.0 Å². The molecule has 1 heterocycles. The lowest BCUT2D eigenvalue weighted by atomic mass is 9.72. The summed E-state index contributed by atoms with van der Waals surface area (Å²) in [5.74, 6) is -4.21. The first-order valence-corrected chi connectivity index (χ1v) is 6.36. The largest absolute Gasteiger partial charge is 0.547 e. The Kier molecular flexibility index (Phi) is 4.45. The Hall–Kier alpha value is -1.71. The molecule has 0 radical (unpaired) electrons. The van der Waals surface area contributed by atoms with Gasteiger partial charge in [0.05, 0.1) is 11.5 Å². The van der Waals surface area contributed by atoms with Crippen molar-refractivity contribution in [2.45, 2.75) is 32.0 Å².